The van der Waals surface area contributed by atoms with Crippen LogP contribution < -0.4 is 4.74 Å². The van der Waals surface area contributed by atoms with Gasteiger partial charge in [-0.1, -0.05) is 30.3 Å². The van der Waals surface area contributed by atoms with Gasteiger partial charge in [0.2, 0.25) is 5.88 Å². The monoisotopic (exact) mass is 394 g/mol. The smallest absolute Gasteiger partial charge is 0.214 e. The van der Waals surface area contributed by atoms with Gasteiger partial charge in [-0.15, -0.1) is 0 Å². The van der Waals surface area contributed by atoms with Crippen LogP contribution in [0.2, 0.25) is 0 Å². The summed E-state index contributed by atoms with van der Waals surface area (Å²) in [6.07, 6.45) is 11.8. The van der Waals surface area contributed by atoms with Crippen LogP contribution >= 0.6 is 0 Å². The average Bonchev–Trinajstić information content (AvgIpc) is 3.21. The van der Waals surface area contributed by atoms with Crippen LogP contribution in [0.5, 0.6) is 5.88 Å². The first kappa shape index (κ1) is 18.3. The van der Waals surface area contributed by atoms with Crippen LogP contribution in [-0.2, 0) is 6.61 Å². The SMILES string of the molecule is C(=C1/CCCN=C1c1cccnc1)/c1[nH]cc2cnc(OCc3ccccc3)cc12. The first-order valence-electron chi connectivity index (χ1n) is 10.2. The zero-order valence-electron chi connectivity index (χ0n) is 16.6. The fourth-order valence-corrected chi connectivity index (χ4v) is 3.73. The van der Waals surface area contributed by atoms with Crippen molar-refractivity contribution in [3.05, 3.63) is 95.7 Å². The highest BCUT2D eigenvalue weighted by molar-refractivity contribution is 6.15. The Morgan fingerprint density at radius 1 is 1.07 bits per heavy atom. The van der Waals surface area contributed by atoms with Gasteiger partial charge in [0.15, 0.2) is 0 Å². The summed E-state index contributed by atoms with van der Waals surface area (Å²) >= 11 is 0. The van der Waals surface area contributed by atoms with Crippen molar-refractivity contribution in [1.29, 1.82) is 0 Å². The van der Waals surface area contributed by atoms with Crippen molar-refractivity contribution in [2.45, 2.75) is 19.4 Å². The zero-order chi connectivity index (χ0) is 20.2. The van der Waals surface area contributed by atoms with Crippen molar-refractivity contribution in [3.8, 4) is 5.88 Å². The number of ether oxygens (including phenoxy) is 1. The maximum atomic E-state index is 5.93. The third kappa shape index (κ3) is 3.87. The van der Waals surface area contributed by atoms with E-state index in [0.717, 1.165) is 52.7 Å². The number of aromatic nitrogens is 3. The number of pyridine rings is 2. The van der Waals surface area contributed by atoms with Crippen molar-refractivity contribution in [3.63, 3.8) is 0 Å². The van der Waals surface area contributed by atoms with Gasteiger partial charge in [-0.05, 0) is 42.2 Å². The number of nitrogens with zero attached hydrogens (tertiary/aromatic N) is 3. The average molecular weight is 394 g/mol. The van der Waals surface area contributed by atoms with Crippen molar-refractivity contribution < 1.29 is 4.74 Å². The van der Waals surface area contributed by atoms with Gasteiger partial charge in [-0.3, -0.25) is 9.98 Å². The lowest BCUT2D eigenvalue weighted by atomic mass is 9.95. The standard InChI is InChI=1S/C25H22N4O/c1-2-6-18(7-3-1)17-30-24-13-22-21(16-29-24)15-28-23(22)12-19-8-5-11-27-25(19)20-9-4-10-26-14-20/h1-4,6-7,9-10,12-16,28H,5,8,11,17H2/b19-12+. The predicted molar refractivity (Wildman–Crippen MR) is 120 cm³/mol. The first-order chi connectivity index (χ1) is 14.9. The molecule has 0 fully saturated rings. The van der Waals surface area contributed by atoms with Crippen LogP contribution in [0.3, 0.4) is 0 Å². The minimum absolute atomic E-state index is 0.498. The number of nitrogens with one attached hydrogen (secondary N) is 1. The Labute approximate surface area is 175 Å². The molecular weight excluding hydrogens is 372 g/mol. The summed E-state index contributed by atoms with van der Waals surface area (Å²) in [7, 11) is 0. The normalized spacial score (nSPS) is 15.3. The molecule has 0 amide bonds. The van der Waals surface area contributed by atoms with Gasteiger partial charge in [0.1, 0.15) is 6.61 Å². The molecule has 0 spiro atoms. The van der Waals surface area contributed by atoms with Gasteiger partial charge >= 0.3 is 0 Å². The van der Waals surface area contributed by atoms with Gasteiger partial charge in [-0.2, -0.15) is 0 Å². The highest BCUT2D eigenvalue weighted by Gasteiger charge is 2.15. The summed E-state index contributed by atoms with van der Waals surface area (Å²) in [6, 6.07) is 16.1. The van der Waals surface area contributed by atoms with Crippen LogP contribution in [0.1, 0.15) is 29.7 Å². The van der Waals surface area contributed by atoms with E-state index in [1.54, 1.807) is 6.20 Å². The minimum atomic E-state index is 0.498. The van der Waals surface area contributed by atoms with Crippen LogP contribution in [0.4, 0.5) is 0 Å². The number of H-pyrrole nitrogens is 1. The van der Waals surface area contributed by atoms with Gasteiger partial charge < -0.3 is 9.72 Å². The Kier molecular flexibility index (Phi) is 5.08. The van der Waals surface area contributed by atoms with Gasteiger partial charge in [0.25, 0.3) is 0 Å². The molecule has 0 unspecified atom stereocenters. The molecule has 5 nitrogen and oxygen atoms in total. The topological polar surface area (TPSA) is 63.2 Å². The van der Waals surface area contributed by atoms with Crippen molar-refractivity contribution in [2.24, 2.45) is 4.99 Å². The molecule has 0 aliphatic carbocycles. The number of benzene rings is 1. The van der Waals surface area contributed by atoms with E-state index < -0.39 is 0 Å². The molecule has 4 aromatic rings. The predicted octanol–water partition coefficient (Wildman–Crippen LogP) is 5.20. The zero-order valence-corrected chi connectivity index (χ0v) is 16.6. The molecule has 1 aliphatic heterocycles. The van der Waals surface area contributed by atoms with Crippen LogP contribution in [0.15, 0.2) is 83.9 Å². The van der Waals surface area contributed by atoms with E-state index in [0.29, 0.717) is 12.5 Å². The summed E-state index contributed by atoms with van der Waals surface area (Å²) < 4.78 is 5.93. The second-order valence-corrected chi connectivity index (χ2v) is 7.33. The summed E-state index contributed by atoms with van der Waals surface area (Å²) in [4.78, 5) is 16.9. The first-order valence-corrected chi connectivity index (χ1v) is 10.2. The van der Waals surface area contributed by atoms with E-state index in [4.69, 9.17) is 9.73 Å². The molecule has 148 valence electrons. The van der Waals surface area contributed by atoms with Crippen LogP contribution in [-0.4, -0.2) is 27.2 Å². The number of fused-ring (bicyclic) bond motifs is 1. The highest BCUT2D eigenvalue weighted by atomic mass is 16.5. The van der Waals surface area contributed by atoms with E-state index in [9.17, 15) is 0 Å². The van der Waals surface area contributed by atoms with E-state index in [-0.39, 0.29) is 0 Å². The highest BCUT2D eigenvalue weighted by Crippen LogP contribution is 2.27. The summed E-state index contributed by atoms with van der Waals surface area (Å²) in [5.74, 6) is 0.621. The number of aromatic amines is 1. The summed E-state index contributed by atoms with van der Waals surface area (Å²) in [5.41, 5.74) is 5.49. The fourth-order valence-electron chi connectivity index (χ4n) is 3.73. The lowest BCUT2D eigenvalue weighted by Crippen LogP contribution is -2.11. The molecule has 0 saturated heterocycles. The van der Waals surface area contributed by atoms with Crippen molar-refractivity contribution in [2.75, 3.05) is 6.54 Å². The van der Waals surface area contributed by atoms with E-state index in [2.05, 4.69) is 27.1 Å². The van der Waals surface area contributed by atoms with Crippen LogP contribution in [0.25, 0.3) is 16.8 Å². The molecule has 1 aromatic carbocycles. The molecule has 4 heterocycles. The molecule has 1 N–H and O–H groups in total. The molecule has 0 saturated carbocycles. The number of allylic oxidation sites excluding steroid dienone is 1. The number of aliphatic imine (C=N–C) groups is 1. The molecule has 1 aliphatic rings. The molecule has 30 heavy (non-hydrogen) atoms. The van der Waals surface area contributed by atoms with Crippen LogP contribution in [0, 0.1) is 0 Å². The maximum absolute atomic E-state index is 5.93. The lowest BCUT2D eigenvalue weighted by Gasteiger charge is -2.16. The van der Waals surface area contributed by atoms with Gasteiger partial charge in [-0.25, -0.2) is 4.98 Å². The number of hydrogen-bond acceptors (Lipinski definition) is 4. The van der Waals surface area contributed by atoms with E-state index in [1.165, 1.54) is 5.57 Å². The van der Waals surface area contributed by atoms with E-state index >= 15 is 0 Å². The van der Waals surface area contributed by atoms with Crippen molar-refractivity contribution >= 4 is 22.6 Å². The number of rotatable bonds is 5. The molecular formula is C25H22N4O. The Hall–Kier alpha value is -3.73. The lowest BCUT2D eigenvalue weighted by molar-refractivity contribution is 0.294. The summed E-state index contributed by atoms with van der Waals surface area (Å²) in [6.45, 7) is 1.35. The Morgan fingerprint density at radius 3 is 2.87 bits per heavy atom. The minimum Gasteiger partial charge on any atom is -0.473 e. The van der Waals surface area contributed by atoms with Gasteiger partial charge in [0.05, 0.1) is 5.71 Å². The molecule has 0 bridgehead atoms. The summed E-state index contributed by atoms with van der Waals surface area (Å²) in [5, 5.41) is 2.15. The second-order valence-electron chi connectivity index (χ2n) is 7.33. The molecule has 3 aromatic heterocycles. The third-order valence-corrected chi connectivity index (χ3v) is 5.24. The van der Waals surface area contributed by atoms with Crippen molar-refractivity contribution in [1.82, 2.24) is 15.0 Å². The largest absolute Gasteiger partial charge is 0.473 e. The molecule has 5 heteroatoms. The van der Waals surface area contributed by atoms with Gasteiger partial charge in [0, 0.05) is 59.4 Å². The quantitative estimate of drug-likeness (QED) is 0.506. The number of hydrogen-bond donors (Lipinski definition) is 1. The third-order valence-electron chi connectivity index (χ3n) is 5.24. The van der Waals surface area contributed by atoms with E-state index in [1.807, 2.05) is 61.1 Å². The Bertz CT molecular complexity index is 1210. The molecule has 5 rings (SSSR count). The second kappa shape index (κ2) is 8.33. The Morgan fingerprint density at radius 2 is 2.00 bits per heavy atom. The molecule has 0 atom stereocenters. The fraction of sp³-hybridized carbons (Fsp3) is 0.160. The molecule has 0 radical (unpaired) electrons. The maximum Gasteiger partial charge on any atom is 0.214 e. The Balaban J connectivity index is 1.45.